The van der Waals surface area contributed by atoms with E-state index in [0.29, 0.717) is 10.1 Å². The molecule has 0 aromatic heterocycles. The van der Waals surface area contributed by atoms with E-state index in [1.165, 1.54) is 11.8 Å². The van der Waals surface area contributed by atoms with Crippen LogP contribution in [0, 0.1) is 0 Å². The van der Waals surface area contributed by atoms with Crippen molar-refractivity contribution in [1.82, 2.24) is 5.32 Å². The number of fused-ring (bicyclic) bond motifs is 1. The maximum atomic E-state index is 12.5. The highest BCUT2D eigenvalue weighted by atomic mass is 32.2. The Labute approximate surface area is 168 Å². The lowest BCUT2D eigenvalue weighted by Crippen LogP contribution is -2.19. The van der Waals surface area contributed by atoms with Gasteiger partial charge in [0.2, 0.25) is 0 Å². The molecule has 1 aliphatic heterocycles. The standard InChI is InChI=1S/C23H20N2O2S/c1-15(2)27-20-13-17-9-7-6-8-16(17)12-18(20)14-21-22(26)25-23(28-21)24-19-10-4-3-5-11-19/h3-15H,1-2H3,(H,24,25,26). The smallest absolute Gasteiger partial charge is 0.264 e. The molecule has 1 amide bonds. The highest BCUT2D eigenvalue weighted by Gasteiger charge is 2.24. The number of thioether (sulfide) groups is 1. The van der Waals surface area contributed by atoms with Crippen molar-refractivity contribution in [3.63, 3.8) is 0 Å². The fraction of sp³-hybridized carbons (Fsp3) is 0.130. The molecule has 1 aliphatic rings. The summed E-state index contributed by atoms with van der Waals surface area (Å²) in [4.78, 5) is 17.5. The Kier molecular flexibility index (Phi) is 5.17. The largest absolute Gasteiger partial charge is 0.490 e. The molecule has 0 aliphatic carbocycles. The average Bonchev–Trinajstić information content (AvgIpc) is 3.01. The normalized spacial score (nSPS) is 16.9. The SMILES string of the molecule is CC(C)Oc1cc2ccccc2cc1C=C1SC(=Nc2ccccc2)NC1=O. The van der Waals surface area contributed by atoms with Crippen molar-refractivity contribution in [2.24, 2.45) is 4.99 Å². The Morgan fingerprint density at radius 3 is 2.39 bits per heavy atom. The zero-order valence-corrected chi connectivity index (χ0v) is 16.5. The molecule has 5 heteroatoms. The van der Waals surface area contributed by atoms with E-state index in [1.54, 1.807) is 0 Å². The summed E-state index contributed by atoms with van der Waals surface area (Å²) in [6.07, 6.45) is 1.91. The van der Waals surface area contributed by atoms with Gasteiger partial charge in [-0.05, 0) is 66.7 Å². The second-order valence-corrected chi connectivity index (χ2v) is 7.75. The van der Waals surface area contributed by atoms with E-state index >= 15 is 0 Å². The number of hydrogen-bond donors (Lipinski definition) is 1. The van der Waals surface area contributed by atoms with Gasteiger partial charge in [0, 0.05) is 5.56 Å². The zero-order chi connectivity index (χ0) is 19.5. The molecule has 0 saturated carbocycles. The van der Waals surface area contributed by atoms with Crippen molar-refractivity contribution in [2.75, 3.05) is 0 Å². The molecule has 0 radical (unpaired) electrons. The highest BCUT2D eigenvalue weighted by Crippen LogP contribution is 2.33. The molecule has 1 heterocycles. The molecule has 0 spiro atoms. The number of carbonyl (C=O) groups is 1. The third-order valence-electron chi connectivity index (χ3n) is 4.17. The molecule has 1 N–H and O–H groups in total. The first-order chi connectivity index (χ1) is 13.6. The van der Waals surface area contributed by atoms with Gasteiger partial charge < -0.3 is 10.1 Å². The van der Waals surface area contributed by atoms with Gasteiger partial charge in [-0.1, -0.05) is 42.5 Å². The minimum atomic E-state index is -0.150. The number of ether oxygens (including phenoxy) is 1. The van der Waals surface area contributed by atoms with E-state index in [4.69, 9.17) is 4.74 Å². The molecule has 28 heavy (non-hydrogen) atoms. The Bertz CT molecular complexity index is 1090. The van der Waals surface area contributed by atoms with Gasteiger partial charge in [-0.25, -0.2) is 4.99 Å². The summed E-state index contributed by atoms with van der Waals surface area (Å²) in [7, 11) is 0. The number of hydrogen-bond acceptors (Lipinski definition) is 4. The molecule has 3 aromatic carbocycles. The number of nitrogens with one attached hydrogen (secondary N) is 1. The van der Waals surface area contributed by atoms with Crippen molar-refractivity contribution >= 4 is 45.4 Å². The minimum absolute atomic E-state index is 0.0403. The third kappa shape index (κ3) is 4.10. The molecule has 0 bridgehead atoms. The van der Waals surface area contributed by atoms with E-state index in [9.17, 15) is 4.79 Å². The van der Waals surface area contributed by atoms with Crippen LogP contribution in [0.5, 0.6) is 5.75 Å². The topological polar surface area (TPSA) is 50.7 Å². The summed E-state index contributed by atoms with van der Waals surface area (Å²) in [5.41, 5.74) is 1.69. The van der Waals surface area contributed by atoms with Crippen LogP contribution in [0.4, 0.5) is 5.69 Å². The van der Waals surface area contributed by atoms with Gasteiger partial charge in [0.05, 0.1) is 16.7 Å². The Morgan fingerprint density at radius 2 is 1.68 bits per heavy atom. The first kappa shape index (κ1) is 18.3. The lowest BCUT2D eigenvalue weighted by Gasteiger charge is -2.14. The van der Waals surface area contributed by atoms with Crippen LogP contribution in [-0.4, -0.2) is 17.2 Å². The third-order valence-corrected chi connectivity index (χ3v) is 5.07. The van der Waals surface area contributed by atoms with Gasteiger partial charge in [0.15, 0.2) is 5.17 Å². The van der Waals surface area contributed by atoms with Crippen molar-refractivity contribution in [1.29, 1.82) is 0 Å². The van der Waals surface area contributed by atoms with Crippen LogP contribution in [0.15, 0.2) is 76.6 Å². The average molecular weight is 388 g/mol. The first-order valence-corrected chi connectivity index (χ1v) is 9.94. The van der Waals surface area contributed by atoms with Crippen LogP contribution in [0.1, 0.15) is 19.4 Å². The maximum Gasteiger partial charge on any atom is 0.264 e. The zero-order valence-electron chi connectivity index (χ0n) is 15.7. The van der Waals surface area contributed by atoms with Gasteiger partial charge in [0.25, 0.3) is 5.91 Å². The van der Waals surface area contributed by atoms with Crippen LogP contribution in [-0.2, 0) is 4.79 Å². The van der Waals surface area contributed by atoms with E-state index in [-0.39, 0.29) is 12.0 Å². The summed E-state index contributed by atoms with van der Waals surface area (Å²) < 4.78 is 6.01. The van der Waals surface area contributed by atoms with Crippen molar-refractivity contribution in [3.8, 4) is 5.75 Å². The Morgan fingerprint density at radius 1 is 1.00 bits per heavy atom. The van der Waals surface area contributed by atoms with Gasteiger partial charge >= 0.3 is 0 Å². The predicted octanol–water partition coefficient (Wildman–Crippen LogP) is 5.52. The number of aliphatic imine (C=N–C) groups is 1. The van der Waals surface area contributed by atoms with E-state index in [1.807, 2.05) is 68.5 Å². The van der Waals surface area contributed by atoms with Gasteiger partial charge in [-0.2, -0.15) is 0 Å². The molecule has 4 nitrogen and oxygen atoms in total. The van der Waals surface area contributed by atoms with Crippen molar-refractivity contribution in [2.45, 2.75) is 20.0 Å². The van der Waals surface area contributed by atoms with Crippen molar-refractivity contribution in [3.05, 3.63) is 77.2 Å². The number of amidine groups is 1. The highest BCUT2D eigenvalue weighted by molar-refractivity contribution is 8.18. The molecule has 0 atom stereocenters. The van der Waals surface area contributed by atoms with Crippen LogP contribution in [0.3, 0.4) is 0 Å². The van der Waals surface area contributed by atoms with Gasteiger partial charge in [-0.15, -0.1) is 0 Å². The summed E-state index contributed by atoms with van der Waals surface area (Å²) >= 11 is 1.34. The lowest BCUT2D eigenvalue weighted by atomic mass is 10.1. The quantitative estimate of drug-likeness (QED) is 0.599. The molecule has 1 saturated heterocycles. The lowest BCUT2D eigenvalue weighted by molar-refractivity contribution is -0.115. The molecule has 4 rings (SSSR count). The molecule has 140 valence electrons. The predicted molar refractivity (Wildman–Crippen MR) is 117 cm³/mol. The van der Waals surface area contributed by atoms with Gasteiger partial charge in [-0.3, -0.25) is 4.79 Å². The molecular formula is C23H20N2O2S. The van der Waals surface area contributed by atoms with E-state index in [0.717, 1.165) is 27.8 Å². The van der Waals surface area contributed by atoms with Crippen LogP contribution in [0.2, 0.25) is 0 Å². The molecule has 0 unspecified atom stereocenters. The Balaban J connectivity index is 1.70. The second-order valence-electron chi connectivity index (χ2n) is 6.72. The summed E-state index contributed by atoms with van der Waals surface area (Å²) in [6, 6.07) is 21.8. The number of nitrogens with zero attached hydrogens (tertiary/aromatic N) is 1. The number of rotatable bonds is 4. The number of para-hydroxylation sites is 1. The number of benzene rings is 3. The Hall–Kier alpha value is -3.05. The van der Waals surface area contributed by atoms with Crippen LogP contribution in [0.25, 0.3) is 16.8 Å². The monoisotopic (exact) mass is 388 g/mol. The fourth-order valence-corrected chi connectivity index (χ4v) is 3.78. The summed E-state index contributed by atoms with van der Waals surface area (Å²) in [6.45, 7) is 3.99. The second kappa shape index (κ2) is 7.90. The number of amides is 1. The summed E-state index contributed by atoms with van der Waals surface area (Å²) in [5, 5.41) is 5.62. The molecule has 1 fully saturated rings. The van der Waals surface area contributed by atoms with E-state index < -0.39 is 0 Å². The van der Waals surface area contributed by atoms with Crippen LogP contribution < -0.4 is 10.1 Å². The van der Waals surface area contributed by atoms with Crippen molar-refractivity contribution < 1.29 is 9.53 Å². The summed E-state index contributed by atoms with van der Waals surface area (Å²) in [5.74, 6) is 0.617. The molecule has 3 aromatic rings. The fourth-order valence-electron chi connectivity index (χ4n) is 2.95. The van der Waals surface area contributed by atoms with Crippen LogP contribution >= 0.6 is 11.8 Å². The van der Waals surface area contributed by atoms with E-state index in [2.05, 4.69) is 28.5 Å². The number of carbonyl (C=O) groups excluding carboxylic acids is 1. The van der Waals surface area contributed by atoms with Gasteiger partial charge in [0.1, 0.15) is 5.75 Å². The maximum absolute atomic E-state index is 12.5. The first-order valence-electron chi connectivity index (χ1n) is 9.12. The molecular weight excluding hydrogens is 368 g/mol. The minimum Gasteiger partial charge on any atom is -0.490 e.